The van der Waals surface area contributed by atoms with Crippen molar-refractivity contribution in [2.75, 3.05) is 37.7 Å². The van der Waals surface area contributed by atoms with Gasteiger partial charge in [0.25, 0.3) is 5.56 Å². The van der Waals surface area contributed by atoms with Crippen molar-refractivity contribution >= 4 is 16.6 Å². The van der Waals surface area contributed by atoms with Crippen molar-refractivity contribution < 1.29 is 4.74 Å². The van der Waals surface area contributed by atoms with Crippen molar-refractivity contribution in [2.24, 2.45) is 0 Å². The maximum atomic E-state index is 13.5. The number of aromatic amines is 1. The maximum absolute atomic E-state index is 13.5. The lowest BCUT2D eigenvalue weighted by molar-refractivity contribution is 0.190. The molecule has 2 aromatic heterocycles. The van der Waals surface area contributed by atoms with E-state index in [2.05, 4.69) is 75.3 Å². The Morgan fingerprint density at radius 3 is 2.47 bits per heavy atom. The van der Waals surface area contributed by atoms with Gasteiger partial charge in [-0.3, -0.25) is 9.69 Å². The molecule has 0 amide bonds. The minimum Gasteiger partial charge on any atom is -0.494 e. The first-order chi connectivity index (χ1) is 17.3. The number of nitrogens with zero attached hydrogens (tertiary/aromatic N) is 6. The normalized spacial score (nSPS) is 15.8. The molecule has 1 saturated heterocycles. The summed E-state index contributed by atoms with van der Waals surface area (Å²) in [4.78, 5) is 21.2. The highest BCUT2D eigenvalue weighted by Crippen LogP contribution is 2.31. The van der Waals surface area contributed by atoms with Gasteiger partial charge in [-0.1, -0.05) is 18.2 Å². The number of fused-ring (bicyclic) bond motifs is 1. The summed E-state index contributed by atoms with van der Waals surface area (Å²) >= 11 is 0. The van der Waals surface area contributed by atoms with Crippen molar-refractivity contribution in [2.45, 2.75) is 39.3 Å². The molecule has 4 aromatic rings. The molecule has 36 heavy (non-hydrogen) atoms. The molecule has 0 saturated carbocycles. The Hall–Kier alpha value is -3.72. The number of nitrogens with one attached hydrogen (secondary N) is 1. The van der Waals surface area contributed by atoms with Gasteiger partial charge in [0.2, 0.25) is 0 Å². The summed E-state index contributed by atoms with van der Waals surface area (Å²) in [6.45, 7) is 12.0. The van der Waals surface area contributed by atoms with Gasteiger partial charge in [-0.05, 0) is 74.5 Å². The van der Waals surface area contributed by atoms with Gasteiger partial charge >= 0.3 is 0 Å². The highest BCUT2D eigenvalue weighted by atomic mass is 16.5. The minimum atomic E-state index is -0.388. The third-order valence-corrected chi connectivity index (χ3v) is 6.62. The van der Waals surface area contributed by atoms with Gasteiger partial charge in [-0.2, -0.15) is 0 Å². The highest BCUT2D eigenvalue weighted by molar-refractivity contribution is 5.80. The fourth-order valence-electron chi connectivity index (χ4n) is 4.88. The molecule has 9 nitrogen and oxygen atoms in total. The lowest BCUT2D eigenvalue weighted by Gasteiger charge is -2.40. The molecule has 1 N–H and O–H groups in total. The third-order valence-electron chi connectivity index (χ3n) is 6.62. The smallest absolute Gasteiger partial charge is 0.253 e. The van der Waals surface area contributed by atoms with Gasteiger partial charge in [-0.25, -0.2) is 4.68 Å². The fraction of sp³-hybridized carbons (Fsp3) is 0.407. The number of H-pyrrole nitrogens is 1. The van der Waals surface area contributed by atoms with Crippen LogP contribution in [0.15, 0.2) is 59.4 Å². The number of tetrazole rings is 1. The quantitative estimate of drug-likeness (QED) is 0.444. The number of hydrogen-bond acceptors (Lipinski definition) is 7. The van der Waals surface area contributed by atoms with E-state index in [1.54, 1.807) is 0 Å². The number of ether oxygens (including phenoxy) is 1. The van der Waals surface area contributed by atoms with Gasteiger partial charge in [-0.15, -0.1) is 5.10 Å². The van der Waals surface area contributed by atoms with Crippen molar-refractivity contribution in [1.29, 1.82) is 0 Å². The zero-order chi connectivity index (χ0) is 25.3. The van der Waals surface area contributed by atoms with Gasteiger partial charge in [0.15, 0.2) is 5.82 Å². The number of piperazine rings is 1. The molecule has 2 aromatic carbocycles. The van der Waals surface area contributed by atoms with Gasteiger partial charge < -0.3 is 14.6 Å². The third kappa shape index (κ3) is 4.70. The van der Waals surface area contributed by atoms with Crippen molar-refractivity contribution in [1.82, 2.24) is 30.1 Å². The molecule has 1 aliphatic heterocycles. The standard InChI is InChI=1S/C27H33N7O2/c1-5-36-21-11-12-23-19(17-21)18-22(26(35)28-23)24(25-29-30-31-34(25)27(2,3)4)33-15-13-32(14-16-33)20-9-7-6-8-10-20/h6-12,17-18,24H,5,13-16H2,1-4H3,(H,28,35)/t24-/m1/s1. The molecule has 0 unspecified atom stereocenters. The van der Waals surface area contributed by atoms with Crippen molar-refractivity contribution in [3.63, 3.8) is 0 Å². The van der Waals surface area contributed by atoms with E-state index in [1.165, 1.54) is 5.69 Å². The number of anilines is 1. The maximum Gasteiger partial charge on any atom is 0.253 e. The first-order valence-electron chi connectivity index (χ1n) is 12.5. The lowest BCUT2D eigenvalue weighted by Crippen LogP contribution is -2.49. The average Bonchev–Trinajstić information content (AvgIpc) is 3.36. The summed E-state index contributed by atoms with van der Waals surface area (Å²) < 4.78 is 7.54. The predicted octanol–water partition coefficient (Wildman–Crippen LogP) is 3.58. The molecule has 0 aliphatic carbocycles. The molecule has 1 fully saturated rings. The molecule has 3 heterocycles. The van der Waals surface area contributed by atoms with E-state index in [0.717, 1.165) is 42.8 Å². The molecular weight excluding hydrogens is 454 g/mol. The number of aromatic nitrogens is 5. The zero-order valence-electron chi connectivity index (χ0n) is 21.3. The SMILES string of the molecule is CCOc1ccc2[nH]c(=O)c([C@H](c3nnnn3C(C)(C)C)N3CCN(c4ccccc4)CC3)cc2c1. The summed E-state index contributed by atoms with van der Waals surface area (Å²) in [6, 6.07) is 17.7. The van der Waals surface area contributed by atoms with Crippen LogP contribution in [0.2, 0.25) is 0 Å². The second kappa shape index (κ2) is 9.73. The van der Waals surface area contributed by atoms with E-state index in [4.69, 9.17) is 4.74 Å². The summed E-state index contributed by atoms with van der Waals surface area (Å²) in [5.41, 5.74) is 2.14. The largest absolute Gasteiger partial charge is 0.494 e. The van der Waals surface area contributed by atoms with Crippen LogP contribution < -0.4 is 15.2 Å². The van der Waals surface area contributed by atoms with Crippen LogP contribution in [0.1, 0.15) is 45.1 Å². The predicted molar refractivity (Wildman–Crippen MR) is 141 cm³/mol. The van der Waals surface area contributed by atoms with E-state index >= 15 is 0 Å². The van der Waals surface area contributed by atoms with Crippen LogP contribution in [0.25, 0.3) is 10.9 Å². The summed E-state index contributed by atoms with van der Waals surface area (Å²) in [5.74, 6) is 1.44. The lowest BCUT2D eigenvalue weighted by atomic mass is 10.0. The molecular formula is C27H33N7O2. The molecule has 0 bridgehead atoms. The number of benzene rings is 2. The van der Waals surface area contributed by atoms with E-state index in [0.29, 0.717) is 18.0 Å². The Morgan fingerprint density at radius 2 is 1.78 bits per heavy atom. The van der Waals surface area contributed by atoms with Crippen molar-refractivity contribution in [3.8, 4) is 5.75 Å². The summed E-state index contributed by atoms with van der Waals surface area (Å²) in [6.07, 6.45) is 0. The van der Waals surface area contributed by atoms with Crippen LogP contribution in [0.3, 0.4) is 0 Å². The monoisotopic (exact) mass is 487 g/mol. The van der Waals surface area contributed by atoms with Gasteiger partial charge in [0, 0.05) is 48.3 Å². The summed E-state index contributed by atoms with van der Waals surface area (Å²) in [7, 11) is 0. The molecule has 1 atom stereocenters. The van der Waals surface area contributed by atoms with Crippen LogP contribution in [0.5, 0.6) is 5.75 Å². The highest BCUT2D eigenvalue weighted by Gasteiger charge is 2.35. The molecule has 1 aliphatic rings. The van der Waals surface area contributed by atoms with Crippen LogP contribution in [0.4, 0.5) is 5.69 Å². The Morgan fingerprint density at radius 1 is 1.03 bits per heavy atom. The van der Waals surface area contributed by atoms with Crippen LogP contribution in [-0.4, -0.2) is 62.9 Å². The molecule has 9 heteroatoms. The molecule has 5 rings (SSSR count). The summed E-state index contributed by atoms with van der Waals surface area (Å²) in [5, 5.41) is 13.7. The Kier molecular flexibility index (Phi) is 6.49. The molecule has 0 spiro atoms. The Bertz CT molecular complexity index is 1380. The molecule has 0 radical (unpaired) electrons. The Balaban J connectivity index is 1.57. The first-order valence-corrected chi connectivity index (χ1v) is 12.5. The van der Waals surface area contributed by atoms with Crippen LogP contribution >= 0.6 is 0 Å². The second-order valence-corrected chi connectivity index (χ2v) is 10.1. The topological polar surface area (TPSA) is 92.2 Å². The number of rotatable bonds is 6. The van der Waals surface area contributed by atoms with Crippen LogP contribution in [0, 0.1) is 0 Å². The zero-order valence-corrected chi connectivity index (χ0v) is 21.3. The van der Waals surface area contributed by atoms with Crippen LogP contribution in [-0.2, 0) is 5.54 Å². The van der Waals surface area contributed by atoms with Crippen molar-refractivity contribution in [3.05, 3.63) is 76.3 Å². The molecule has 188 valence electrons. The van der Waals surface area contributed by atoms with Gasteiger partial charge in [0.1, 0.15) is 11.8 Å². The number of hydrogen-bond donors (Lipinski definition) is 1. The van der Waals surface area contributed by atoms with E-state index in [9.17, 15) is 4.79 Å². The fourth-order valence-corrected chi connectivity index (χ4v) is 4.88. The Labute approximate surface area is 210 Å². The van der Waals surface area contributed by atoms with E-state index < -0.39 is 0 Å². The van der Waals surface area contributed by atoms with Gasteiger partial charge in [0.05, 0.1) is 12.1 Å². The van der Waals surface area contributed by atoms with E-state index in [-0.39, 0.29) is 17.1 Å². The second-order valence-electron chi connectivity index (χ2n) is 10.1. The average molecular weight is 488 g/mol. The first kappa shape index (κ1) is 24.0. The number of para-hydroxylation sites is 1. The van der Waals surface area contributed by atoms with E-state index in [1.807, 2.05) is 41.9 Å². The number of pyridine rings is 1. The minimum absolute atomic E-state index is 0.134.